The fourth-order valence-electron chi connectivity index (χ4n) is 1.36. The number of aromatic carboxylic acids is 1. The van der Waals surface area contributed by atoms with E-state index in [2.05, 4.69) is 4.74 Å². The van der Waals surface area contributed by atoms with Crippen LogP contribution >= 0.6 is 11.6 Å². The zero-order valence-electron chi connectivity index (χ0n) is 10.4. The van der Waals surface area contributed by atoms with Crippen LogP contribution in [0.3, 0.4) is 0 Å². The number of hydrogen-bond acceptors (Lipinski definition) is 5. The van der Waals surface area contributed by atoms with Crippen molar-refractivity contribution in [3.8, 4) is 11.5 Å². The molecule has 0 saturated heterocycles. The first-order chi connectivity index (χ1) is 8.99. The molecule has 6 nitrogen and oxygen atoms in total. The fraction of sp³-hybridized carbons (Fsp3) is 0.333. The minimum absolute atomic E-state index is 0.0625. The van der Waals surface area contributed by atoms with E-state index in [-0.39, 0.29) is 28.7 Å². The summed E-state index contributed by atoms with van der Waals surface area (Å²) in [6.07, 6.45) is 0. The number of ether oxygens (including phenoxy) is 3. The molecule has 1 aromatic carbocycles. The smallest absolute Gasteiger partial charge is 0.344 e. The molecule has 0 aromatic heterocycles. The standard InChI is InChI=1S/C12H13ClO6/c1-3-18-10(14)6-19-11-8(12(15)16)4-7(13)5-9(11)17-2/h4-5H,3,6H2,1-2H3,(H,15,16). The molecule has 7 heteroatoms. The van der Waals surface area contributed by atoms with Gasteiger partial charge in [0.15, 0.2) is 18.1 Å². The first-order valence-electron chi connectivity index (χ1n) is 5.38. The van der Waals surface area contributed by atoms with Crippen LogP contribution in [0.1, 0.15) is 17.3 Å². The van der Waals surface area contributed by atoms with Crippen molar-refractivity contribution in [1.82, 2.24) is 0 Å². The van der Waals surface area contributed by atoms with Gasteiger partial charge in [-0.05, 0) is 13.0 Å². The van der Waals surface area contributed by atoms with Crippen molar-refractivity contribution >= 4 is 23.5 Å². The van der Waals surface area contributed by atoms with Gasteiger partial charge in [0.05, 0.1) is 13.7 Å². The topological polar surface area (TPSA) is 82.1 Å². The molecule has 19 heavy (non-hydrogen) atoms. The molecular weight excluding hydrogens is 276 g/mol. The summed E-state index contributed by atoms with van der Waals surface area (Å²) < 4.78 is 14.8. The molecule has 0 radical (unpaired) electrons. The van der Waals surface area contributed by atoms with E-state index >= 15 is 0 Å². The van der Waals surface area contributed by atoms with Crippen LogP contribution in [0.2, 0.25) is 5.02 Å². The van der Waals surface area contributed by atoms with Crippen molar-refractivity contribution in [2.75, 3.05) is 20.3 Å². The number of halogens is 1. The number of carbonyl (C=O) groups is 2. The lowest BCUT2D eigenvalue weighted by Crippen LogP contribution is -2.16. The van der Waals surface area contributed by atoms with E-state index in [0.717, 1.165) is 0 Å². The van der Waals surface area contributed by atoms with Crippen LogP contribution in [-0.2, 0) is 9.53 Å². The summed E-state index contributed by atoms with van der Waals surface area (Å²) >= 11 is 5.77. The van der Waals surface area contributed by atoms with E-state index in [1.165, 1.54) is 19.2 Å². The van der Waals surface area contributed by atoms with Gasteiger partial charge in [-0.15, -0.1) is 0 Å². The van der Waals surface area contributed by atoms with E-state index < -0.39 is 18.5 Å². The van der Waals surface area contributed by atoms with Crippen molar-refractivity contribution in [2.45, 2.75) is 6.92 Å². The van der Waals surface area contributed by atoms with Gasteiger partial charge in [0.2, 0.25) is 0 Å². The first kappa shape index (κ1) is 15.1. The Kier molecular flexibility index (Phi) is 5.44. The SMILES string of the molecule is CCOC(=O)COc1c(OC)cc(Cl)cc1C(=O)O. The maximum Gasteiger partial charge on any atom is 0.344 e. The number of carbonyl (C=O) groups excluding carboxylic acids is 1. The lowest BCUT2D eigenvalue weighted by atomic mass is 10.2. The molecule has 0 aliphatic carbocycles. The van der Waals surface area contributed by atoms with Crippen molar-refractivity contribution in [1.29, 1.82) is 0 Å². The summed E-state index contributed by atoms with van der Waals surface area (Å²) in [5.41, 5.74) is -0.186. The molecule has 1 aromatic rings. The fourth-order valence-corrected chi connectivity index (χ4v) is 1.57. The highest BCUT2D eigenvalue weighted by molar-refractivity contribution is 6.31. The first-order valence-corrected chi connectivity index (χ1v) is 5.76. The number of carboxylic acids is 1. The summed E-state index contributed by atoms with van der Waals surface area (Å²) in [6, 6.07) is 2.61. The summed E-state index contributed by atoms with van der Waals surface area (Å²) in [7, 11) is 1.34. The molecule has 1 N–H and O–H groups in total. The van der Waals surface area contributed by atoms with Crippen LogP contribution in [-0.4, -0.2) is 37.4 Å². The second-order valence-corrected chi connectivity index (χ2v) is 3.82. The minimum Gasteiger partial charge on any atom is -0.493 e. The monoisotopic (exact) mass is 288 g/mol. The van der Waals surface area contributed by atoms with Crippen LogP contribution in [0.5, 0.6) is 11.5 Å². The van der Waals surface area contributed by atoms with Crippen LogP contribution < -0.4 is 9.47 Å². The van der Waals surface area contributed by atoms with Gasteiger partial charge in [0.1, 0.15) is 5.56 Å². The highest BCUT2D eigenvalue weighted by Crippen LogP contribution is 2.34. The molecule has 0 heterocycles. The second kappa shape index (κ2) is 6.84. The van der Waals surface area contributed by atoms with Gasteiger partial charge in [-0.2, -0.15) is 0 Å². The lowest BCUT2D eigenvalue weighted by Gasteiger charge is -2.13. The maximum atomic E-state index is 11.2. The van der Waals surface area contributed by atoms with E-state index in [1.54, 1.807) is 6.92 Å². The van der Waals surface area contributed by atoms with Gasteiger partial charge in [-0.1, -0.05) is 11.6 Å². The minimum atomic E-state index is -1.24. The molecule has 0 bridgehead atoms. The molecule has 0 fully saturated rings. The van der Waals surface area contributed by atoms with Gasteiger partial charge >= 0.3 is 11.9 Å². The molecule has 0 saturated carbocycles. The third kappa shape index (κ3) is 4.03. The highest BCUT2D eigenvalue weighted by atomic mass is 35.5. The highest BCUT2D eigenvalue weighted by Gasteiger charge is 2.19. The predicted molar refractivity (Wildman–Crippen MR) is 67.1 cm³/mol. The Morgan fingerprint density at radius 3 is 2.58 bits per heavy atom. The third-order valence-corrected chi connectivity index (χ3v) is 2.33. The number of esters is 1. The van der Waals surface area contributed by atoms with Gasteiger partial charge in [0.25, 0.3) is 0 Å². The van der Waals surface area contributed by atoms with Crippen LogP contribution in [0.25, 0.3) is 0 Å². The number of benzene rings is 1. The second-order valence-electron chi connectivity index (χ2n) is 3.38. The average molecular weight is 289 g/mol. The maximum absolute atomic E-state index is 11.2. The van der Waals surface area contributed by atoms with Crippen molar-refractivity contribution in [3.63, 3.8) is 0 Å². The number of carboxylic acid groups (broad SMARTS) is 1. The molecule has 0 unspecified atom stereocenters. The Balaban J connectivity index is 3.02. The van der Waals surface area contributed by atoms with Crippen molar-refractivity contribution < 1.29 is 28.9 Å². The summed E-state index contributed by atoms with van der Waals surface area (Å²) in [6.45, 7) is 1.46. The third-order valence-electron chi connectivity index (χ3n) is 2.11. The van der Waals surface area contributed by atoms with Crippen molar-refractivity contribution in [2.24, 2.45) is 0 Å². The quantitative estimate of drug-likeness (QED) is 0.806. The molecule has 104 valence electrons. The zero-order chi connectivity index (χ0) is 14.4. The largest absolute Gasteiger partial charge is 0.493 e. The average Bonchev–Trinajstić information content (AvgIpc) is 2.36. The van der Waals surface area contributed by atoms with Gasteiger partial charge in [-0.3, -0.25) is 0 Å². The Morgan fingerprint density at radius 1 is 1.37 bits per heavy atom. The molecule has 0 spiro atoms. The van der Waals surface area contributed by atoms with E-state index in [1.807, 2.05) is 0 Å². The Hall–Kier alpha value is -1.95. The number of methoxy groups -OCH3 is 1. The molecule has 0 aliphatic rings. The number of hydrogen-bond donors (Lipinski definition) is 1. The Bertz CT molecular complexity index is 485. The number of rotatable bonds is 6. The predicted octanol–water partition coefficient (Wildman–Crippen LogP) is 1.99. The molecule has 1 rings (SSSR count). The van der Waals surface area contributed by atoms with E-state index in [4.69, 9.17) is 26.2 Å². The zero-order valence-corrected chi connectivity index (χ0v) is 11.2. The van der Waals surface area contributed by atoms with E-state index in [0.29, 0.717) is 0 Å². The van der Waals surface area contributed by atoms with Crippen molar-refractivity contribution in [3.05, 3.63) is 22.7 Å². The van der Waals surface area contributed by atoms with Gasteiger partial charge < -0.3 is 19.3 Å². The Labute approximate surface area is 114 Å². The molecular formula is C12H13ClO6. The van der Waals surface area contributed by atoms with E-state index in [9.17, 15) is 9.59 Å². The molecule has 0 amide bonds. The summed E-state index contributed by atoms with van der Waals surface area (Å²) in [5, 5.41) is 9.26. The molecule has 0 atom stereocenters. The van der Waals surface area contributed by atoms with Crippen LogP contribution in [0.15, 0.2) is 12.1 Å². The van der Waals surface area contributed by atoms with Gasteiger partial charge in [0, 0.05) is 11.1 Å². The van der Waals surface area contributed by atoms with Gasteiger partial charge in [-0.25, -0.2) is 9.59 Å². The summed E-state index contributed by atoms with van der Waals surface area (Å²) in [5.74, 6) is -1.77. The summed E-state index contributed by atoms with van der Waals surface area (Å²) in [4.78, 5) is 22.3. The van der Waals surface area contributed by atoms with Crippen LogP contribution in [0.4, 0.5) is 0 Å². The normalized spacial score (nSPS) is 9.84. The Morgan fingerprint density at radius 2 is 2.05 bits per heavy atom. The van der Waals surface area contributed by atoms with Crippen LogP contribution in [0, 0.1) is 0 Å². The molecule has 0 aliphatic heterocycles. The lowest BCUT2D eigenvalue weighted by molar-refractivity contribution is -0.145.